The molecule has 16 N–H and O–H groups in total. The first-order chi connectivity index (χ1) is 62.7. The van der Waals surface area contributed by atoms with Crippen LogP contribution in [0.1, 0.15) is 113 Å². The van der Waals surface area contributed by atoms with E-state index in [0.29, 0.717) is 52.3 Å². The summed E-state index contributed by atoms with van der Waals surface area (Å²) in [5.41, 5.74) is 6.83. The lowest BCUT2D eigenvalue weighted by Crippen LogP contribution is -2.63. The highest BCUT2D eigenvalue weighted by Gasteiger charge is 2.46. The second-order valence-electron chi connectivity index (χ2n) is 33.1. The summed E-state index contributed by atoms with van der Waals surface area (Å²) in [5, 5.41) is 64.9. The predicted octanol–water partition coefficient (Wildman–Crippen LogP) is 0.811. The maximum atomic E-state index is 15.6. The van der Waals surface area contributed by atoms with E-state index in [2.05, 4.69) is 52.8 Å². The number of carboxylic acids is 2. The number of H-pyrrole nitrogens is 1. The van der Waals surface area contributed by atoms with Crippen LogP contribution < -0.4 is 53.6 Å². The van der Waals surface area contributed by atoms with Crippen LogP contribution in [0.5, 0.6) is 5.75 Å². The molecule has 13 atom stereocenters. The van der Waals surface area contributed by atoms with E-state index in [-0.39, 0.29) is 87.8 Å². The molecule has 3 fully saturated rings. The van der Waals surface area contributed by atoms with Crippen molar-refractivity contribution in [2.45, 2.75) is 196 Å². The van der Waals surface area contributed by atoms with Crippen LogP contribution in [0.3, 0.4) is 0 Å². The number of carbonyl (C=O) groups is 17. The number of thioether (sulfide) groups is 1. The summed E-state index contributed by atoms with van der Waals surface area (Å²) in [7, 11) is 3.49. The highest BCUT2D eigenvalue weighted by molar-refractivity contribution is 8.00. The average Bonchev–Trinajstić information content (AvgIpc) is 1.60. The fourth-order valence-electron chi connectivity index (χ4n) is 16.0. The van der Waals surface area contributed by atoms with Crippen molar-refractivity contribution in [2.24, 2.45) is 11.7 Å². The Morgan fingerprint density at radius 1 is 0.515 bits per heavy atom. The molecule has 3 aliphatic heterocycles. The third kappa shape index (κ3) is 27.8. The van der Waals surface area contributed by atoms with E-state index in [1.807, 2.05) is 0 Å². The SMILES string of the molecule is CCCC[C@H]1C(=O)N2CCC[C@@H]2C(=O)N[C@@H](CC(=O)O)C(=O)N[C@@H](C(C)C)C(=O)N(C)[C@@H](Cc2ccccc2)C(=O)N[C@@H](CC(=O)O)C(=O)N2CCCC[C@@H]2C(=O)N[C@@H](Cc2c[nH]c3ccccc23)C(=O)N[C@@H](Cc2ccc(O)cc2)C(=O)N[C@@H](CO)C(=O)N[C@H](C(=O)NCC(N)=O)CSCC(=O)N[C@@H](Cc2cc(F)c(F)c(F)c2)C(=O)N(C)[C@@H](Cc2ccc(F)cc2)C(=O)N1C. The molecule has 4 heterocycles. The number of nitrogens with one attached hydrogen (secondary N) is 10. The van der Waals surface area contributed by atoms with Gasteiger partial charge >= 0.3 is 11.9 Å². The first-order valence-corrected chi connectivity index (χ1v) is 44.2. The number of aromatic amines is 1. The largest absolute Gasteiger partial charge is 0.508 e. The third-order valence-corrected chi connectivity index (χ3v) is 24.2. The fraction of sp³-hybridized carbons (Fsp3) is 0.456. The molecule has 1 aromatic heterocycles. The Hall–Kier alpha value is -13.5. The van der Waals surface area contributed by atoms with E-state index in [9.17, 15) is 72.4 Å². The van der Waals surface area contributed by atoms with Crippen molar-refractivity contribution in [3.8, 4) is 5.75 Å². The van der Waals surface area contributed by atoms with E-state index in [4.69, 9.17) is 5.73 Å². The predicted molar refractivity (Wildman–Crippen MR) is 469 cm³/mol. The number of para-hydroxylation sites is 1. The van der Waals surface area contributed by atoms with Crippen molar-refractivity contribution < 1.29 is 119 Å². The number of hydrogen-bond acceptors (Lipinski definition) is 20. The van der Waals surface area contributed by atoms with E-state index in [0.717, 1.165) is 43.7 Å². The van der Waals surface area contributed by atoms with Crippen LogP contribution >= 0.6 is 11.8 Å². The zero-order chi connectivity index (χ0) is 96.5. The van der Waals surface area contributed by atoms with Crippen LogP contribution in [-0.2, 0) is 114 Å². The normalized spacial score (nSPS) is 23.7. The number of aromatic nitrogens is 1. The maximum absolute atomic E-state index is 15.6. The Labute approximate surface area is 760 Å². The van der Waals surface area contributed by atoms with Gasteiger partial charge in [-0.15, -0.1) is 11.8 Å². The first-order valence-electron chi connectivity index (χ1n) is 43.0. The van der Waals surface area contributed by atoms with Crippen LogP contribution in [0.25, 0.3) is 10.9 Å². The highest BCUT2D eigenvalue weighted by Crippen LogP contribution is 2.29. The topological polar surface area (TPSA) is 537 Å². The minimum atomic E-state index is -2.04. The van der Waals surface area contributed by atoms with Crippen LogP contribution in [0.2, 0.25) is 0 Å². The van der Waals surface area contributed by atoms with Crippen molar-refractivity contribution in [2.75, 3.05) is 58.9 Å². The lowest BCUT2D eigenvalue weighted by molar-refractivity contribution is -0.152. The number of phenolic OH excluding ortho intramolecular Hbond substituents is 1. The van der Waals surface area contributed by atoms with Crippen molar-refractivity contribution in [1.82, 2.24) is 77.3 Å². The Morgan fingerprint density at radius 2 is 1.03 bits per heavy atom. The van der Waals surface area contributed by atoms with Crippen molar-refractivity contribution in [3.05, 3.63) is 173 Å². The summed E-state index contributed by atoms with van der Waals surface area (Å²) >= 11 is 0.567. The number of aliphatic carboxylic acids is 2. The minimum absolute atomic E-state index is 0.0980. The molecule has 0 unspecified atom stereocenters. The van der Waals surface area contributed by atoms with E-state index >= 15 is 47.1 Å². The van der Waals surface area contributed by atoms with E-state index < -0.39 is 271 Å². The lowest BCUT2D eigenvalue weighted by atomic mass is 9.97. The maximum Gasteiger partial charge on any atom is 0.305 e. The number of piperidine rings is 1. The molecule has 3 saturated heterocycles. The molecule has 5 aromatic carbocycles. The number of carbonyl (C=O) groups excluding carboxylic acids is 15. The number of phenols is 1. The Bertz CT molecular complexity index is 5190. The zero-order valence-electron chi connectivity index (χ0n) is 73.4. The van der Waals surface area contributed by atoms with Crippen molar-refractivity contribution in [1.29, 1.82) is 0 Å². The van der Waals surface area contributed by atoms with Crippen molar-refractivity contribution in [3.63, 3.8) is 0 Å². The van der Waals surface area contributed by atoms with Crippen LogP contribution in [-0.4, -0.2) is 288 Å². The van der Waals surface area contributed by atoms with Gasteiger partial charge in [-0.2, -0.15) is 0 Å². The van der Waals surface area contributed by atoms with Gasteiger partial charge in [-0.05, 0) is 115 Å². The summed E-state index contributed by atoms with van der Waals surface area (Å²) in [5.74, 6) is -28.3. The summed E-state index contributed by atoms with van der Waals surface area (Å²) in [6, 6.07) is 2.92. The summed E-state index contributed by atoms with van der Waals surface area (Å²) in [6.07, 6.45) is -2.25. The van der Waals surface area contributed by atoms with Crippen molar-refractivity contribution >= 4 is 123 Å². The average molecular weight is 1860 g/mol. The van der Waals surface area contributed by atoms with Gasteiger partial charge in [0.05, 0.1) is 31.7 Å². The number of fused-ring (bicyclic) bond motifs is 3. The number of likely N-dealkylation sites (N-methyl/N-ethyl adjacent to an activating group) is 3. The summed E-state index contributed by atoms with van der Waals surface area (Å²) < 4.78 is 59.6. The molecule has 132 heavy (non-hydrogen) atoms. The highest BCUT2D eigenvalue weighted by atomic mass is 32.2. The summed E-state index contributed by atoms with van der Waals surface area (Å²) in [6.45, 7) is 2.28. The number of primary amides is 1. The molecule has 710 valence electrons. The van der Waals surface area contributed by atoms with Gasteiger partial charge < -0.3 is 103 Å². The van der Waals surface area contributed by atoms with Gasteiger partial charge in [0.15, 0.2) is 17.5 Å². The third-order valence-electron chi connectivity index (χ3n) is 23.2. The molecule has 3 aliphatic rings. The standard InChI is InChI=1S/C90H110F4N16O21S/c1-7-8-21-69-89(130)110-33-16-23-68(110)84(125)101-62(41-74(115)116)81(122)105-77(48(2)3)90(131)107(5)70(38-49-17-10-9-11-18-49)85(126)102-64(42-75(117)118)87(128)109-32-15-14-22-67(109)83(124)100-61(40-53-43-96-59-20-13-12-19-56(53)59)80(121)99-60(36-50-26-30-55(112)31-27-50)79(120)103-65(45-111)82(123)104-66(78(119)97-44-72(95)113)46-132-47-73(114)98-63(37-52-34-57(92)76(94)58(93)35-52)86(127)108(6)71(88(129)106(69)4)39-51-24-28-54(91)29-25-51/h9-13,17-20,24-31,34-35,43,48,60-71,77,96,111-112H,7-8,14-16,21-23,32-33,36-42,44-47H2,1-6H3,(H2,95,113)(H,97,119)(H,98,114)(H,99,121)(H,100,124)(H,101,125)(H,102,126)(H,103,120)(H,104,123)(H,105,122)(H,115,116)(H,117,118)/t60-,61-,62-,63-,64-,65-,66-,67+,68+,69-,70-,71-,77-/m0/s1. The number of benzene rings is 5. The molecule has 6 aromatic rings. The van der Waals surface area contributed by atoms with Gasteiger partial charge in [0, 0.05) is 89.2 Å². The van der Waals surface area contributed by atoms with E-state index in [1.54, 1.807) is 67.7 Å². The Balaban J connectivity index is 1.13. The molecule has 0 radical (unpaired) electrons. The number of nitrogens with zero attached hydrogens (tertiary/aromatic N) is 5. The molecule has 0 saturated carbocycles. The van der Waals surface area contributed by atoms with E-state index in [1.165, 1.54) is 64.3 Å². The first kappa shape index (κ1) is 102. The summed E-state index contributed by atoms with van der Waals surface area (Å²) in [4.78, 5) is 256. The molecule has 42 heteroatoms. The second-order valence-corrected chi connectivity index (χ2v) is 34.1. The Kier molecular flexibility index (Phi) is 37.0. The smallest absolute Gasteiger partial charge is 0.305 e. The fourth-order valence-corrected chi connectivity index (χ4v) is 16.8. The number of hydrogen-bond donors (Lipinski definition) is 15. The minimum Gasteiger partial charge on any atom is -0.508 e. The number of aliphatic hydroxyl groups is 1. The van der Waals surface area contributed by atoms with Gasteiger partial charge in [-0.3, -0.25) is 81.5 Å². The molecular formula is C90H110F4N16O21S. The monoisotopic (exact) mass is 1860 g/mol. The van der Waals surface area contributed by atoms with Gasteiger partial charge in [-0.25, -0.2) is 17.6 Å². The molecule has 0 bridgehead atoms. The molecule has 0 aliphatic carbocycles. The molecule has 37 nitrogen and oxygen atoms in total. The zero-order valence-corrected chi connectivity index (χ0v) is 74.3. The van der Waals surface area contributed by atoms with Gasteiger partial charge in [-0.1, -0.05) is 106 Å². The number of rotatable bonds is 22. The van der Waals surface area contributed by atoms with Crippen LogP contribution in [0, 0.1) is 29.2 Å². The number of aliphatic hydroxyl groups excluding tert-OH is 1. The van der Waals surface area contributed by atoms with Crippen LogP contribution in [0.4, 0.5) is 17.6 Å². The lowest BCUT2D eigenvalue weighted by Gasteiger charge is -2.38. The van der Waals surface area contributed by atoms with Gasteiger partial charge in [0.2, 0.25) is 88.6 Å². The van der Waals surface area contributed by atoms with Gasteiger partial charge in [0.25, 0.3) is 0 Å². The molecule has 9 rings (SSSR count). The number of amides is 15. The number of carboxylic acid groups (broad SMARTS) is 2. The second kappa shape index (κ2) is 47.9. The number of aromatic hydroxyl groups is 1. The number of nitrogens with two attached hydrogens (primary N) is 1. The Morgan fingerprint density at radius 3 is 1.66 bits per heavy atom. The molecule has 0 spiro atoms. The van der Waals surface area contributed by atoms with Crippen LogP contribution in [0.15, 0.2) is 121 Å². The molecule has 15 amide bonds. The number of halogens is 4. The quantitative estimate of drug-likeness (QED) is 0.0330. The number of unbranched alkanes of at least 4 members (excludes halogenated alkanes) is 1. The molecular weight excluding hydrogens is 1750 g/mol. The van der Waals surface area contributed by atoms with Gasteiger partial charge in [0.1, 0.15) is 90.1 Å².